The van der Waals surface area contributed by atoms with Gasteiger partial charge >= 0.3 is 0 Å². The van der Waals surface area contributed by atoms with Gasteiger partial charge in [-0.25, -0.2) is 23.2 Å². The van der Waals surface area contributed by atoms with Crippen molar-refractivity contribution in [1.29, 1.82) is 10.5 Å². The molecule has 4 heterocycles. The zero-order valence-electron chi connectivity index (χ0n) is 34.5. The van der Waals surface area contributed by atoms with Gasteiger partial charge in [0.15, 0.2) is 5.54 Å². The smallest absolute Gasteiger partial charge is 0.283 e. The van der Waals surface area contributed by atoms with Gasteiger partial charge in [0.25, 0.3) is 18.5 Å². The zero-order valence-corrected chi connectivity index (χ0v) is 34.5. The van der Waals surface area contributed by atoms with Crippen molar-refractivity contribution in [3.8, 4) is 23.6 Å². The van der Waals surface area contributed by atoms with Crippen LogP contribution in [0.15, 0.2) is 82.8 Å². The predicted octanol–water partition coefficient (Wildman–Crippen LogP) is 8.21. The van der Waals surface area contributed by atoms with E-state index in [9.17, 15) is 18.4 Å². The highest BCUT2D eigenvalue weighted by Gasteiger charge is 2.64. The fourth-order valence-corrected chi connectivity index (χ4v) is 9.83. The molecule has 10 rings (SSSR count). The van der Waals surface area contributed by atoms with E-state index in [-0.39, 0.29) is 35.3 Å². The molecule has 0 bridgehead atoms. The maximum Gasteiger partial charge on any atom is 0.283 e. The molecule has 62 heavy (non-hydrogen) atoms. The third kappa shape index (κ3) is 7.13. The summed E-state index contributed by atoms with van der Waals surface area (Å²) in [4.78, 5) is 8.82. The standard InChI is InChI=1S/C25H28N4O2.C22H19F3N4O2/c1-14(2)25(20-12-23(20)31-24(27)29-25)19-11-17(6-4-15(19)3)28-21-8-9-30-22-10-16(13-26)5-7-18(21)22;23-16-4-2-12(28-17-5-6-30-18-7-11(10-26)1-3-13(17)18)8-14(16)22(20(24)25)15-9-19(15)31-21(27)29-22/h4-7,10-11,14,20-21,23,28H,8-9,12H2,1-3H3,(H2,27,29);1-4,7-8,15,17,19-20,28H,5-6,9H2,(H2,27,29)/t20-,21-,23+,25+;15-,17+,19+,22+/m00/s1. The van der Waals surface area contributed by atoms with Gasteiger partial charge in [0.2, 0.25) is 0 Å². The first-order valence-electron chi connectivity index (χ1n) is 20.9. The normalized spacial score (nSPS) is 28.4. The van der Waals surface area contributed by atoms with Crippen LogP contribution >= 0.6 is 0 Å². The van der Waals surface area contributed by atoms with E-state index in [2.05, 4.69) is 66.7 Å². The molecular formula is C47H47F3N8O4. The zero-order chi connectivity index (χ0) is 43.5. The molecule has 2 aliphatic carbocycles. The number of anilines is 2. The number of nitrogens with one attached hydrogen (secondary N) is 2. The summed E-state index contributed by atoms with van der Waals surface area (Å²) in [5, 5.41) is 25.3. The molecule has 0 amide bonds. The molecule has 320 valence electrons. The Kier molecular flexibility index (Phi) is 10.3. The van der Waals surface area contributed by atoms with Crippen molar-refractivity contribution in [1.82, 2.24) is 0 Å². The van der Waals surface area contributed by atoms with E-state index in [0.717, 1.165) is 35.4 Å². The number of fused-ring (bicyclic) bond motifs is 4. The van der Waals surface area contributed by atoms with Crippen LogP contribution in [-0.4, -0.2) is 43.9 Å². The number of hydrogen-bond donors (Lipinski definition) is 4. The summed E-state index contributed by atoms with van der Waals surface area (Å²) in [6.45, 7) is 7.64. The van der Waals surface area contributed by atoms with Crippen LogP contribution in [0.5, 0.6) is 11.5 Å². The maximum absolute atomic E-state index is 14.8. The van der Waals surface area contributed by atoms with Crippen molar-refractivity contribution in [3.63, 3.8) is 0 Å². The highest BCUT2D eigenvalue weighted by atomic mass is 19.3. The average Bonchev–Trinajstić information content (AvgIpc) is 4.21. The number of nitrogens with two attached hydrogens (primary N) is 2. The Morgan fingerprint density at radius 3 is 1.73 bits per heavy atom. The Bertz CT molecular complexity index is 2400. The minimum absolute atomic E-state index is 0.124. The molecule has 6 aliphatic rings. The second-order valence-corrected chi connectivity index (χ2v) is 17.1. The van der Waals surface area contributed by atoms with E-state index in [0.29, 0.717) is 66.5 Å². The van der Waals surface area contributed by atoms with Crippen molar-refractivity contribution in [2.24, 2.45) is 39.2 Å². The van der Waals surface area contributed by atoms with Crippen LogP contribution in [0, 0.1) is 53.2 Å². The summed E-state index contributed by atoms with van der Waals surface area (Å²) in [5.41, 5.74) is 16.1. The molecule has 2 saturated carbocycles. The fourth-order valence-electron chi connectivity index (χ4n) is 9.83. The maximum atomic E-state index is 14.8. The quantitative estimate of drug-likeness (QED) is 0.135. The van der Waals surface area contributed by atoms with Gasteiger partial charge < -0.3 is 41.0 Å². The van der Waals surface area contributed by atoms with Gasteiger partial charge in [0, 0.05) is 52.7 Å². The number of hydrogen-bond acceptors (Lipinski definition) is 12. The van der Waals surface area contributed by atoms with Crippen LogP contribution in [0.2, 0.25) is 0 Å². The molecule has 4 aliphatic heterocycles. The van der Waals surface area contributed by atoms with Gasteiger partial charge in [0.05, 0.1) is 48.6 Å². The van der Waals surface area contributed by atoms with Gasteiger partial charge in [-0.05, 0) is 91.4 Å². The van der Waals surface area contributed by atoms with E-state index in [1.165, 1.54) is 29.3 Å². The summed E-state index contributed by atoms with van der Waals surface area (Å²) < 4.78 is 65.9. The number of alkyl halides is 2. The summed E-state index contributed by atoms with van der Waals surface area (Å²) >= 11 is 0. The van der Waals surface area contributed by atoms with Crippen molar-refractivity contribution < 1.29 is 32.1 Å². The Labute approximate surface area is 357 Å². The molecule has 8 atom stereocenters. The van der Waals surface area contributed by atoms with Crippen molar-refractivity contribution in [2.75, 3.05) is 23.8 Å². The van der Waals surface area contributed by atoms with Crippen LogP contribution in [0.4, 0.5) is 24.5 Å². The highest BCUT2D eigenvalue weighted by molar-refractivity contribution is 5.75. The molecule has 4 aromatic carbocycles. The van der Waals surface area contributed by atoms with Gasteiger partial charge in [-0.1, -0.05) is 32.0 Å². The van der Waals surface area contributed by atoms with Gasteiger partial charge in [-0.3, -0.25) is 0 Å². The number of nitriles is 2. The molecule has 0 unspecified atom stereocenters. The average molecular weight is 845 g/mol. The van der Waals surface area contributed by atoms with E-state index in [1.54, 1.807) is 18.2 Å². The molecule has 2 fully saturated rings. The number of aryl methyl sites for hydroxylation is 1. The van der Waals surface area contributed by atoms with Crippen molar-refractivity contribution in [3.05, 3.63) is 118 Å². The van der Waals surface area contributed by atoms with Crippen LogP contribution in [0.3, 0.4) is 0 Å². The Balaban J connectivity index is 0.000000158. The van der Waals surface area contributed by atoms with Crippen LogP contribution in [0.25, 0.3) is 0 Å². The molecule has 4 aromatic rings. The van der Waals surface area contributed by atoms with E-state index >= 15 is 0 Å². The molecule has 12 nitrogen and oxygen atoms in total. The Hall–Kier alpha value is -6.61. The number of ether oxygens (including phenoxy) is 4. The molecule has 0 spiro atoms. The van der Waals surface area contributed by atoms with Crippen LogP contribution in [-0.2, 0) is 20.6 Å². The number of amidine groups is 2. The largest absolute Gasteiger partial charge is 0.493 e. The number of nitrogens with zero attached hydrogens (tertiary/aromatic N) is 4. The molecule has 0 saturated heterocycles. The molecule has 6 N–H and O–H groups in total. The third-order valence-corrected chi connectivity index (χ3v) is 13.1. The van der Waals surface area contributed by atoms with Crippen LogP contribution < -0.4 is 31.6 Å². The summed E-state index contributed by atoms with van der Waals surface area (Å²) in [6.07, 6.45) is -0.417. The van der Waals surface area contributed by atoms with Gasteiger partial charge in [-0.15, -0.1) is 0 Å². The number of halogens is 3. The second-order valence-electron chi connectivity index (χ2n) is 17.1. The first-order chi connectivity index (χ1) is 29.8. The number of aliphatic imine (C=N–C) groups is 2. The lowest BCUT2D eigenvalue weighted by molar-refractivity contribution is 0.0177. The Morgan fingerprint density at radius 2 is 1.21 bits per heavy atom. The lowest BCUT2D eigenvalue weighted by atomic mass is 9.74. The summed E-state index contributed by atoms with van der Waals surface area (Å²) in [6, 6.07) is 25.6. The Morgan fingerprint density at radius 1 is 0.710 bits per heavy atom. The molecular weight excluding hydrogens is 798 g/mol. The van der Waals surface area contributed by atoms with Gasteiger partial charge in [0.1, 0.15) is 35.1 Å². The van der Waals surface area contributed by atoms with Gasteiger partial charge in [-0.2, -0.15) is 10.5 Å². The number of rotatable bonds is 8. The van der Waals surface area contributed by atoms with E-state index < -0.39 is 29.8 Å². The minimum Gasteiger partial charge on any atom is -0.493 e. The highest BCUT2D eigenvalue weighted by Crippen LogP contribution is 2.58. The first kappa shape index (κ1) is 40.8. The number of benzene rings is 4. The molecule has 15 heteroatoms. The SMILES string of the molecule is Cc1ccc(N[C@H]2CCOc3cc(C#N)ccc32)cc1[C@@]1(C(C)C)N=C(N)O[C@@H]2C[C@@H]21.N#Cc1ccc2c(c1)OCC[C@H]2Nc1ccc(F)c([C@@]2(C(F)F)N=C(N)O[C@@H]3C[C@@H]32)c1. The predicted molar refractivity (Wildman–Crippen MR) is 226 cm³/mol. The lowest BCUT2D eigenvalue weighted by Crippen LogP contribution is -2.43. The van der Waals surface area contributed by atoms with Crippen LogP contribution in [0.1, 0.15) is 90.6 Å². The van der Waals surface area contributed by atoms with Crippen molar-refractivity contribution in [2.45, 2.75) is 88.2 Å². The lowest BCUT2D eigenvalue weighted by Gasteiger charge is -2.39. The summed E-state index contributed by atoms with van der Waals surface area (Å²) in [7, 11) is 0. The fraction of sp³-hybridized carbons (Fsp3) is 0.404. The second kappa shape index (κ2) is 15.7. The van der Waals surface area contributed by atoms with E-state index in [1.807, 2.05) is 18.2 Å². The third-order valence-electron chi connectivity index (χ3n) is 13.1. The molecule has 0 radical (unpaired) electrons. The topological polar surface area (TPSA) is 185 Å². The van der Waals surface area contributed by atoms with E-state index in [4.69, 9.17) is 40.7 Å². The molecule has 0 aromatic heterocycles. The first-order valence-corrected chi connectivity index (χ1v) is 20.9. The summed E-state index contributed by atoms with van der Waals surface area (Å²) in [5.74, 6) is 0.654. The minimum atomic E-state index is -2.94. The van der Waals surface area contributed by atoms with Crippen molar-refractivity contribution >= 4 is 23.4 Å². The monoisotopic (exact) mass is 844 g/mol.